The van der Waals surface area contributed by atoms with E-state index in [0.717, 1.165) is 22.1 Å². The van der Waals surface area contributed by atoms with Crippen molar-refractivity contribution in [2.24, 2.45) is 0 Å². The van der Waals surface area contributed by atoms with E-state index in [9.17, 15) is 5.26 Å². The molecule has 0 N–H and O–H groups in total. The fourth-order valence-electron chi connectivity index (χ4n) is 2.54. The summed E-state index contributed by atoms with van der Waals surface area (Å²) in [6.45, 7) is 2.30. The minimum atomic E-state index is 0.311. The van der Waals surface area contributed by atoms with Crippen LogP contribution in [-0.4, -0.2) is 26.0 Å². The van der Waals surface area contributed by atoms with Gasteiger partial charge in [-0.3, -0.25) is 4.40 Å². The first kappa shape index (κ1) is 12.5. The third kappa shape index (κ3) is 1.69. The van der Waals surface area contributed by atoms with Gasteiger partial charge < -0.3 is 4.74 Å². The molecular weight excluding hydrogens is 278 g/mol. The van der Waals surface area contributed by atoms with Crippen molar-refractivity contribution in [3.63, 3.8) is 0 Å². The van der Waals surface area contributed by atoms with Crippen LogP contribution >= 0.6 is 0 Å². The van der Waals surface area contributed by atoms with Gasteiger partial charge in [-0.25, -0.2) is 9.97 Å². The van der Waals surface area contributed by atoms with Crippen LogP contribution in [0.5, 0.6) is 5.88 Å². The first-order chi connectivity index (χ1) is 10.8. The van der Waals surface area contributed by atoms with Crippen LogP contribution in [0.2, 0.25) is 0 Å². The van der Waals surface area contributed by atoms with Crippen LogP contribution in [-0.2, 0) is 0 Å². The molecule has 0 radical (unpaired) electrons. The van der Waals surface area contributed by atoms with E-state index in [1.165, 1.54) is 0 Å². The zero-order valence-corrected chi connectivity index (χ0v) is 11.8. The van der Waals surface area contributed by atoms with Gasteiger partial charge in [-0.15, -0.1) is 0 Å². The first-order valence-electron chi connectivity index (χ1n) is 6.91. The Labute approximate surface area is 125 Å². The van der Waals surface area contributed by atoms with Gasteiger partial charge in [0.25, 0.3) is 0 Å². The molecule has 6 nitrogen and oxygen atoms in total. The summed E-state index contributed by atoms with van der Waals surface area (Å²) in [5.41, 5.74) is 3.49. The van der Waals surface area contributed by atoms with Crippen LogP contribution in [0.15, 0.2) is 36.7 Å². The van der Waals surface area contributed by atoms with Crippen LogP contribution in [0.25, 0.3) is 27.7 Å². The highest BCUT2D eigenvalue weighted by molar-refractivity contribution is 5.95. The molecule has 0 spiro atoms. The summed E-state index contributed by atoms with van der Waals surface area (Å²) in [4.78, 5) is 13.3. The summed E-state index contributed by atoms with van der Waals surface area (Å²) >= 11 is 0. The Morgan fingerprint density at radius 2 is 2.14 bits per heavy atom. The molecule has 3 aromatic heterocycles. The molecule has 22 heavy (non-hydrogen) atoms. The number of aromatic nitrogens is 4. The smallest absolute Gasteiger partial charge is 0.233 e. The maximum Gasteiger partial charge on any atom is 0.233 e. The Morgan fingerprint density at radius 1 is 1.27 bits per heavy atom. The van der Waals surface area contributed by atoms with E-state index in [-0.39, 0.29) is 0 Å². The first-order valence-corrected chi connectivity index (χ1v) is 6.91. The van der Waals surface area contributed by atoms with E-state index >= 15 is 0 Å². The van der Waals surface area contributed by atoms with Gasteiger partial charge in [0.15, 0.2) is 5.65 Å². The lowest BCUT2D eigenvalue weighted by atomic mass is 10.2. The molecule has 4 rings (SSSR count). The van der Waals surface area contributed by atoms with Crippen molar-refractivity contribution in [1.82, 2.24) is 19.4 Å². The van der Waals surface area contributed by atoms with Gasteiger partial charge in [0.05, 0.1) is 23.0 Å². The monoisotopic (exact) mass is 289 g/mol. The van der Waals surface area contributed by atoms with Crippen LogP contribution in [0.1, 0.15) is 12.5 Å². The van der Waals surface area contributed by atoms with E-state index in [1.807, 2.05) is 35.6 Å². The predicted molar refractivity (Wildman–Crippen MR) is 81.7 cm³/mol. The van der Waals surface area contributed by atoms with Gasteiger partial charge in [-0.1, -0.05) is 12.1 Å². The van der Waals surface area contributed by atoms with Crippen molar-refractivity contribution in [3.05, 3.63) is 42.2 Å². The SMILES string of the molecule is CCOc1nc2ncn3c4ccccc4nc3c2cc1C#N. The molecule has 0 aliphatic carbocycles. The Bertz CT molecular complexity index is 1060. The summed E-state index contributed by atoms with van der Waals surface area (Å²) in [6, 6.07) is 11.7. The Balaban J connectivity index is 2.13. The van der Waals surface area contributed by atoms with E-state index in [4.69, 9.17) is 4.74 Å². The molecule has 0 bridgehead atoms. The molecule has 0 amide bonds. The molecule has 0 saturated heterocycles. The summed E-state index contributed by atoms with van der Waals surface area (Å²) in [6.07, 6.45) is 1.70. The van der Waals surface area contributed by atoms with Gasteiger partial charge >= 0.3 is 0 Å². The predicted octanol–water partition coefficient (Wildman–Crippen LogP) is 2.70. The Kier molecular flexibility index (Phi) is 2.66. The molecular formula is C16H11N5O. The number of nitrogens with zero attached hydrogens (tertiary/aromatic N) is 5. The summed E-state index contributed by atoms with van der Waals surface area (Å²) in [5, 5.41) is 10.0. The van der Waals surface area contributed by atoms with Gasteiger partial charge in [-0.05, 0) is 25.1 Å². The number of fused-ring (bicyclic) bond motifs is 5. The minimum Gasteiger partial charge on any atom is -0.477 e. The second kappa shape index (κ2) is 4.67. The fourth-order valence-corrected chi connectivity index (χ4v) is 2.54. The molecule has 0 aliphatic rings. The molecule has 0 aliphatic heterocycles. The number of hydrogen-bond donors (Lipinski definition) is 0. The lowest BCUT2D eigenvalue weighted by Crippen LogP contribution is -2.00. The Morgan fingerprint density at radius 3 is 2.95 bits per heavy atom. The third-order valence-corrected chi connectivity index (χ3v) is 3.50. The van der Waals surface area contributed by atoms with Gasteiger partial charge in [0.1, 0.15) is 23.6 Å². The van der Waals surface area contributed by atoms with Crippen LogP contribution in [0.4, 0.5) is 0 Å². The summed E-state index contributed by atoms with van der Waals surface area (Å²) < 4.78 is 7.31. The number of nitriles is 1. The van der Waals surface area contributed by atoms with Crippen molar-refractivity contribution in [2.75, 3.05) is 6.61 Å². The average molecular weight is 289 g/mol. The number of benzene rings is 1. The van der Waals surface area contributed by atoms with Gasteiger partial charge in [-0.2, -0.15) is 10.2 Å². The van der Waals surface area contributed by atoms with E-state index in [1.54, 1.807) is 12.4 Å². The second-order valence-electron chi connectivity index (χ2n) is 4.80. The normalized spacial score (nSPS) is 11.1. The summed E-state index contributed by atoms with van der Waals surface area (Å²) in [5.74, 6) is 0.311. The maximum atomic E-state index is 9.30. The zero-order chi connectivity index (χ0) is 15.1. The van der Waals surface area contributed by atoms with Crippen LogP contribution in [0.3, 0.4) is 0 Å². The van der Waals surface area contributed by atoms with Crippen molar-refractivity contribution < 1.29 is 4.74 Å². The van der Waals surface area contributed by atoms with Crippen molar-refractivity contribution in [2.45, 2.75) is 6.92 Å². The van der Waals surface area contributed by atoms with Crippen molar-refractivity contribution in [1.29, 1.82) is 5.26 Å². The molecule has 0 atom stereocenters. The number of hydrogen-bond acceptors (Lipinski definition) is 5. The lowest BCUT2D eigenvalue weighted by molar-refractivity contribution is 0.327. The standard InChI is InChI=1S/C16H11N5O/c1-2-22-16-10(8-17)7-11-14(20-16)18-9-21-13-6-4-3-5-12(13)19-15(11)21/h3-7,9H,2H2,1H3. The average Bonchev–Trinajstić information content (AvgIpc) is 2.93. The summed E-state index contributed by atoms with van der Waals surface area (Å²) in [7, 11) is 0. The topological polar surface area (TPSA) is 76.1 Å². The van der Waals surface area contributed by atoms with Gasteiger partial charge in [0.2, 0.25) is 5.88 Å². The number of imidazole rings is 1. The number of ether oxygens (including phenoxy) is 1. The minimum absolute atomic E-state index is 0.311. The fraction of sp³-hybridized carbons (Fsp3) is 0.125. The molecule has 4 aromatic rings. The molecule has 0 unspecified atom stereocenters. The molecule has 0 saturated carbocycles. The van der Waals surface area contributed by atoms with Crippen LogP contribution < -0.4 is 4.74 Å². The lowest BCUT2D eigenvalue weighted by Gasteiger charge is -2.06. The van der Waals surface area contributed by atoms with E-state index in [0.29, 0.717) is 23.7 Å². The van der Waals surface area contributed by atoms with E-state index < -0.39 is 0 Å². The number of pyridine rings is 1. The third-order valence-electron chi connectivity index (χ3n) is 3.50. The van der Waals surface area contributed by atoms with Crippen LogP contribution in [0, 0.1) is 11.3 Å². The van der Waals surface area contributed by atoms with Gasteiger partial charge in [0, 0.05) is 0 Å². The van der Waals surface area contributed by atoms with Crippen molar-refractivity contribution >= 4 is 27.7 Å². The molecule has 106 valence electrons. The molecule has 3 heterocycles. The Hall–Kier alpha value is -3.20. The number of rotatable bonds is 2. The molecule has 6 heteroatoms. The highest BCUT2D eigenvalue weighted by Crippen LogP contribution is 2.25. The largest absolute Gasteiger partial charge is 0.477 e. The quantitative estimate of drug-likeness (QED) is 0.567. The van der Waals surface area contributed by atoms with Crippen molar-refractivity contribution in [3.8, 4) is 11.9 Å². The number of para-hydroxylation sites is 2. The maximum absolute atomic E-state index is 9.30. The highest BCUT2D eigenvalue weighted by Gasteiger charge is 2.13. The second-order valence-corrected chi connectivity index (χ2v) is 4.80. The zero-order valence-electron chi connectivity index (χ0n) is 11.8. The highest BCUT2D eigenvalue weighted by atomic mass is 16.5. The molecule has 0 fully saturated rings. The van der Waals surface area contributed by atoms with E-state index in [2.05, 4.69) is 21.0 Å². The molecule has 1 aromatic carbocycles.